The van der Waals surface area contributed by atoms with Gasteiger partial charge in [-0.25, -0.2) is 0 Å². The molecule has 0 aromatic carbocycles. The summed E-state index contributed by atoms with van der Waals surface area (Å²) < 4.78 is 35.6. The minimum Gasteiger partial charge on any atom is -0.481 e. The Bertz CT molecular complexity index is 394. The van der Waals surface area contributed by atoms with Gasteiger partial charge in [0.25, 0.3) is 0 Å². The first-order valence-corrected chi connectivity index (χ1v) is 5.66. The molecule has 0 unspecified atom stereocenters. The van der Waals surface area contributed by atoms with Gasteiger partial charge in [0.2, 0.25) is 11.8 Å². The van der Waals surface area contributed by atoms with Crippen molar-refractivity contribution in [1.29, 1.82) is 0 Å². The molecule has 0 aromatic rings. The van der Waals surface area contributed by atoms with E-state index in [0.29, 0.717) is 0 Å². The van der Waals surface area contributed by atoms with Gasteiger partial charge in [-0.15, -0.1) is 0 Å². The zero-order chi connectivity index (χ0) is 16.1. The molecule has 0 aliphatic carbocycles. The maximum absolute atomic E-state index is 11.9. The lowest BCUT2D eigenvalue weighted by Gasteiger charge is -2.23. The number of halogens is 3. The topological polar surface area (TPSA) is 86.7 Å². The number of nitrogens with zero attached hydrogens (tertiary/aromatic N) is 1. The first kappa shape index (κ1) is 18.2. The van der Waals surface area contributed by atoms with Crippen molar-refractivity contribution in [2.45, 2.75) is 26.4 Å². The summed E-state index contributed by atoms with van der Waals surface area (Å²) in [5, 5.41) is 10.5. The maximum atomic E-state index is 11.9. The van der Waals surface area contributed by atoms with Crippen molar-refractivity contribution in [2.75, 3.05) is 20.1 Å². The van der Waals surface area contributed by atoms with Gasteiger partial charge in [-0.1, -0.05) is 0 Å². The van der Waals surface area contributed by atoms with Crippen LogP contribution < -0.4 is 5.32 Å². The lowest BCUT2D eigenvalue weighted by Crippen LogP contribution is -2.43. The van der Waals surface area contributed by atoms with Crippen molar-refractivity contribution in [3.8, 4) is 0 Å². The highest BCUT2D eigenvalue weighted by Crippen LogP contribution is 2.21. The van der Waals surface area contributed by atoms with Crippen LogP contribution in [0.1, 0.15) is 20.3 Å². The Labute approximate surface area is 113 Å². The molecule has 0 saturated heterocycles. The quantitative estimate of drug-likeness (QED) is 0.753. The SMILES string of the molecule is CN(CC(=O)NCC(F)(F)F)C(=O)CC(C)(C)C(=O)O. The number of carbonyl (C=O) groups excluding carboxylic acids is 2. The molecule has 0 rings (SSSR count). The average Bonchev–Trinajstić information content (AvgIpc) is 2.24. The molecule has 2 N–H and O–H groups in total. The number of nitrogens with one attached hydrogen (secondary N) is 1. The Balaban J connectivity index is 4.34. The third-order valence-corrected chi connectivity index (χ3v) is 2.46. The van der Waals surface area contributed by atoms with Gasteiger partial charge in [-0.3, -0.25) is 14.4 Å². The number of aliphatic carboxylic acids is 1. The van der Waals surface area contributed by atoms with Gasteiger partial charge in [0.05, 0.1) is 12.0 Å². The molecule has 0 aliphatic heterocycles. The number of carboxylic acids is 1. The normalized spacial score (nSPS) is 11.9. The lowest BCUT2D eigenvalue weighted by atomic mass is 9.89. The molecule has 0 radical (unpaired) electrons. The highest BCUT2D eigenvalue weighted by atomic mass is 19.4. The molecule has 9 heteroatoms. The maximum Gasteiger partial charge on any atom is 0.405 e. The molecule has 116 valence electrons. The molecule has 0 saturated carbocycles. The predicted octanol–water partition coefficient (Wildman–Crippen LogP) is 0.624. The van der Waals surface area contributed by atoms with E-state index in [1.54, 1.807) is 5.32 Å². The fraction of sp³-hybridized carbons (Fsp3) is 0.727. The van der Waals surface area contributed by atoms with E-state index in [0.717, 1.165) is 4.90 Å². The predicted molar refractivity (Wildman–Crippen MR) is 62.7 cm³/mol. The number of hydrogen-bond acceptors (Lipinski definition) is 3. The highest BCUT2D eigenvalue weighted by molar-refractivity contribution is 5.87. The van der Waals surface area contributed by atoms with Gasteiger partial charge in [0, 0.05) is 13.5 Å². The monoisotopic (exact) mass is 298 g/mol. The van der Waals surface area contributed by atoms with E-state index < -0.39 is 42.5 Å². The Kier molecular flexibility index (Phi) is 5.98. The van der Waals surface area contributed by atoms with E-state index in [9.17, 15) is 27.6 Å². The Morgan fingerprint density at radius 1 is 1.20 bits per heavy atom. The first-order valence-electron chi connectivity index (χ1n) is 5.66. The van der Waals surface area contributed by atoms with Gasteiger partial charge in [0.1, 0.15) is 6.54 Å². The molecule has 6 nitrogen and oxygen atoms in total. The van der Waals surface area contributed by atoms with Crippen LogP contribution in [-0.2, 0) is 14.4 Å². The van der Waals surface area contributed by atoms with Crippen molar-refractivity contribution in [2.24, 2.45) is 5.41 Å². The minimum absolute atomic E-state index is 0.356. The molecule has 0 fully saturated rings. The summed E-state index contributed by atoms with van der Waals surface area (Å²) in [6.07, 6.45) is -4.88. The van der Waals surface area contributed by atoms with E-state index in [2.05, 4.69) is 0 Å². The second-order valence-electron chi connectivity index (χ2n) is 5.01. The van der Waals surface area contributed by atoms with Gasteiger partial charge >= 0.3 is 12.1 Å². The summed E-state index contributed by atoms with van der Waals surface area (Å²) in [6.45, 7) is 0.634. The van der Waals surface area contributed by atoms with Crippen LogP contribution in [0.5, 0.6) is 0 Å². The second-order valence-corrected chi connectivity index (χ2v) is 5.01. The van der Waals surface area contributed by atoms with Crippen LogP contribution in [0.3, 0.4) is 0 Å². The molecule has 2 amide bonds. The molecule has 0 aliphatic rings. The summed E-state index contributed by atoms with van der Waals surface area (Å²) in [6, 6.07) is 0. The number of hydrogen-bond donors (Lipinski definition) is 2. The fourth-order valence-electron chi connectivity index (χ4n) is 1.15. The van der Waals surface area contributed by atoms with E-state index in [-0.39, 0.29) is 6.42 Å². The highest BCUT2D eigenvalue weighted by Gasteiger charge is 2.32. The van der Waals surface area contributed by atoms with Crippen molar-refractivity contribution in [3.05, 3.63) is 0 Å². The van der Waals surface area contributed by atoms with Crippen LogP contribution in [0, 0.1) is 5.41 Å². The smallest absolute Gasteiger partial charge is 0.405 e. The Morgan fingerprint density at radius 2 is 1.70 bits per heavy atom. The van der Waals surface area contributed by atoms with Crippen molar-refractivity contribution in [3.63, 3.8) is 0 Å². The number of carbonyl (C=O) groups is 3. The van der Waals surface area contributed by atoms with Crippen LogP contribution in [0.15, 0.2) is 0 Å². The number of carboxylic acid groups (broad SMARTS) is 1. The average molecular weight is 298 g/mol. The number of rotatable bonds is 6. The van der Waals surface area contributed by atoms with Gasteiger partial charge in [-0.2, -0.15) is 13.2 Å². The van der Waals surface area contributed by atoms with Crippen molar-refractivity contribution in [1.82, 2.24) is 10.2 Å². The Morgan fingerprint density at radius 3 is 2.10 bits per heavy atom. The number of alkyl halides is 3. The van der Waals surface area contributed by atoms with Gasteiger partial charge in [0.15, 0.2) is 0 Å². The van der Waals surface area contributed by atoms with E-state index in [1.165, 1.54) is 20.9 Å². The summed E-state index contributed by atoms with van der Waals surface area (Å²) in [5.74, 6) is -2.79. The zero-order valence-electron chi connectivity index (χ0n) is 11.4. The largest absolute Gasteiger partial charge is 0.481 e. The number of likely N-dealkylation sites (N-methyl/N-ethyl adjacent to an activating group) is 1. The van der Waals surface area contributed by atoms with Crippen molar-refractivity contribution < 1.29 is 32.7 Å². The van der Waals surface area contributed by atoms with E-state index in [1.807, 2.05) is 0 Å². The fourth-order valence-corrected chi connectivity index (χ4v) is 1.15. The molecule has 0 atom stereocenters. The standard InChI is InChI=1S/C11H17F3N2O4/c1-10(2,9(19)20)4-8(18)16(3)5-7(17)15-6-11(12,13)14/h4-6H2,1-3H3,(H,15,17)(H,19,20). The number of amides is 2. The summed E-state index contributed by atoms with van der Waals surface area (Å²) in [4.78, 5) is 34.6. The molecule has 0 spiro atoms. The van der Waals surface area contributed by atoms with Crippen LogP contribution in [0.4, 0.5) is 13.2 Å². The summed E-state index contributed by atoms with van der Waals surface area (Å²) >= 11 is 0. The molecule has 0 bridgehead atoms. The second kappa shape index (κ2) is 6.58. The summed E-state index contributed by atoms with van der Waals surface area (Å²) in [7, 11) is 1.22. The van der Waals surface area contributed by atoms with E-state index in [4.69, 9.17) is 5.11 Å². The van der Waals surface area contributed by atoms with Crippen LogP contribution in [0.2, 0.25) is 0 Å². The molecular weight excluding hydrogens is 281 g/mol. The van der Waals surface area contributed by atoms with Crippen LogP contribution >= 0.6 is 0 Å². The summed E-state index contributed by atoms with van der Waals surface area (Å²) in [5.41, 5.74) is -1.31. The molecular formula is C11H17F3N2O4. The first-order chi connectivity index (χ1) is 8.85. The van der Waals surface area contributed by atoms with Crippen LogP contribution in [-0.4, -0.2) is 54.1 Å². The van der Waals surface area contributed by atoms with Crippen molar-refractivity contribution >= 4 is 17.8 Å². The Hall–Kier alpha value is -1.80. The van der Waals surface area contributed by atoms with E-state index >= 15 is 0 Å². The molecule has 0 aromatic heterocycles. The van der Waals surface area contributed by atoms with Gasteiger partial charge < -0.3 is 15.3 Å². The minimum atomic E-state index is -4.52. The van der Waals surface area contributed by atoms with Crippen LogP contribution in [0.25, 0.3) is 0 Å². The lowest BCUT2D eigenvalue weighted by molar-refractivity contribution is -0.151. The third-order valence-electron chi connectivity index (χ3n) is 2.46. The third kappa shape index (κ3) is 6.95. The van der Waals surface area contributed by atoms with Gasteiger partial charge in [-0.05, 0) is 13.8 Å². The molecule has 20 heavy (non-hydrogen) atoms. The molecule has 0 heterocycles. The zero-order valence-corrected chi connectivity index (χ0v) is 11.4.